The molecule has 1 saturated heterocycles. The summed E-state index contributed by atoms with van der Waals surface area (Å²) in [6.45, 7) is 3.65. The third-order valence-corrected chi connectivity index (χ3v) is 4.43. The maximum absolute atomic E-state index is 12.4. The maximum Gasteiger partial charge on any atom is 0.240 e. The fourth-order valence-corrected chi connectivity index (χ4v) is 3.29. The summed E-state index contributed by atoms with van der Waals surface area (Å²) in [5.74, 6) is 0.396. The first-order valence-corrected chi connectivity index (χ1v) is 7.59. The van der Waals surface area contributed by atoms with Gasteiger partial charge in [0.05, 0.1) is 6.07 Å². The second-order valence-corrected chi connectivity index (χ2v) is 6.38. The topological polar surface area (TPSA) is 44.1 Å². The summed E-state index contributed by atoms with van der Waals surface area (Å²) in [6, 6.07) is 11.9. The summed E-state index contributed by atoms with van der Waals surface area (Å²) >= 11 is 1.89. The summed E-state index contributed by atoms with van der Waals surface area (Å²) < 4.78 is 0. The number of nitrogens with zero attached hydrogens (tertiary/aromatic N) is 2. The van der Waals surface area contributed by atoms with Crippen molar-refractivity contribution in [1.82, 2.24) is 4.90 Å². The lowest BCUT2D eigenvalue weighted by atomic mass is 9.99. The summed E-state index contributed by atoms with van der Waals surface area (Å²) in [5.41, 5.74) is 1.04. The Morgan fingerprint density at radius 1 is 1.53 bits per heavy atom. The van der Waals surface area contributed by atoms with Crippen LogP contribution in [0.5, 0.6) is 0 Å². The quantitative estimate of drug-likeness (QED) is 0.849. The minimum atomic E-state index is -0.558. The summed E-state index contributed by atoms with van der Waals surface area (Å²) in [5, 5.41) is 9.72. The molecule has 1 heterocycles. The highest BCUT2D eigenvalue weighted by molar-refractivity contribution is 7.99. The van der Waals surface area contributed by atoms with Crippen molar-refractivity contribution >= 4 is 17.7 Å². The van der Waals surface area contributed by atoms with Crippen LogP contribution in [0.2, 0.25) is 0 Å². The van der Waals surface area contributed by atoms with E-state index in [4.69, 9.17) is 0 Å². The maximum atomic E-state index is 12.4. The Morgan fingerprint density at radius 3 is 2.89 bits per heavy atom. The first kappa shape index (κ1) is 14.0. The van der Waals surface area contributed by atoms with Gasteiger partial charge in [-0.3, -0.25) is 4.79 Å². The Bertz CT molecular complexity index is 469. The highest BCUT2D eigenvalue weighted by Crippen LogP contribution is 2.20. The summed E-state index contributed by atoms with van der Waals surface area (Å²) in [4.78, 5) is 14.2. The van der Waals surface area contributed by atoms with Crippen LogP contribution in [-0.2, 0) is 11.2 Å². The lowest BCUT2D eigenvalue weighted by Gasteiger charge is -2.31. The van der Waals surface area contributed by atoms with Crippen molar-refractivity contribution in [2.45, 2.75) is 18.6 Å². The molecule has 1 aromatic carbocycles. The number of carbonyl (C=O) groups excluding carboxylic acids is 1. The Morgan fingerprint density at radius 2 is 2.26 bits per heavy atom. The van der Waals surface area contributed by atoms with Gasteiger partial charge in [0.2, 0.25) is 5.91 Å². The van der Waals surface area contributed by atoms with Gasteiger partial charge in [-0.15, -0.1) is 0 Å². The molecule has 0 aromatic heterocycles. The zero-order chi connectivity index (χ0) is 13.7. The van der Waals surface area contributed by atoms with E-state index in [1.54, 1.807) is 0 Å². The van der Waals surface area contributed by atoms with E-state index < -0.39 is 5.92 Å². The molecule has 0 spiro atoms. The third kappa shape index (κ3) is 3.74. The molecule has 1 fully saturated rings. The number of benzene rings is 1. The fourth-order valence-electron chi connectivity index (χ4n) is 2.28. The van der Waals surface area contributed by atoms with Crippen LogP contribution in [0.15, 0.2) is 30.3 Å². The number of rotatable bonds is 3. The molecule has 4 heteroatoms. The van der Waals surface area contributed by atoms with E-state index in [1.165, 1.54) is 0 Å². The predicted molar refractivity (Wildman–Crippen MR) is 77.7 cm³/mol. The molecule has 3 nitrogen and oxygen atoms in total. The highest BCUT2D eigenvalue weighted by atomic mass is 32.2. The van der Waals surface area contributed by atoms with Crippen molar-refractivity contribution in [3.8, 4) is 6.07 Å². The van der Waals surface area contributed by atoms with E-state index in [2.05, 4.69) is 13.0 Å². The molecule has 1 aliphatic heterocycles. The van der Waals surface area contributed by atoms with Crippen LogP contribution in [0.3, 0.4) is 0 Å². The Labute approximate surface area is 118 Å². The highest BCUT2D eigenvalue weighted by Gasteiger charge is 2.27. The van der Waals surface area contributed by atoms with Crippen molar-refractivity contribution in [2.24, 2.45) is 5.92 Å². The Hall–Kier alpha value is -1.47. The average Bonchev–Trinajstić information content (AvgIpc) is 2.45. The van der Waals surface area contributed by atoms with Gasteiger partial charge < -0.3 is 4.90 Å². The van der Waals surface area contributed by atoms with Crippen molar-refractivity contribution in [3.05, 3.63) is 35.9 Å². The van der Waals surface area contributed by atoms with Crippen molar-refractivity contribution in [3.63, 3.8) is 0 Å². The predicted octanol–water partition coefficient (Wildman–Crippen LogP) is 2.33. The van der Waals surface area contributed by atoms with E-state index in [0.717, 1.165) is 24.4 Å². The fraction of sp³-hybridized carbons (Fsp3) is 0.467. The van der Waals surface area contributed by atoms with Crippen molar-refractivity contribution in [1.29, 1.82) is 5.26 Å². The van der Waals surface area contributed by atoms with E-state index >= 15 is 0 Å². The molecule has 2 rings (SSSR count). The van der Waals surface area contributed by atoms with Crippen LogP contribution in [0.25, 0.3) is 0 Å². The lowest BCUT2D eigenvalue weighted by molar-refractivity contribution is -0.133. The number of amides is 1. The third-order valence-electron chi connectivity index (χ3n) is 3.29. The van der Waals surface area contributed by atoms with Crippen LogP contribution in [0.1, 0.15) is 12.5 Å². The molecule has 1 aliphatic rings. The molecular weight excluding hydrogens is 256 g/mol. The first-order valence-electron chi connectivity index (χ1n) is 6.54. The van der Waals surface area contributed by atoms with E-state index in [-0.39, 0.29) is 5.91 Å². The summed E-state index contributed by atoms with van der Waals surface area (Å²) in [7, 11) is 0. The van der Waals surface area contributed by atoms with Crippen LogP contribution in [-0.4, -0.2) is 34.9 Å². The lowest BCUT2D eigenvalue weighted by Crippen LogP contribution is -2.44. The van der Waals surface area contributed by atoms with Gasteiger partial charge in [-0.25, -0.2) is 0 Å². The van der Waals surface area contributed by atoms with Gasteiger partial charge in [0, 0.05) is 24.1 Å². The Kier molecular flexibility index (Phi) is 4.86. The SMILES string of the molecule is CC1CN(C(=O)C(C#N)Cc2ccccc2)CCS1. The van der Waals surface area contributed by atoms with Crippen LogP contribution in [0.4, 0.5) is 0 Å². The molecule has 0 saturated carbocycles. The second kappa shape index (κ2) is 6.63. The summed E-state index contributed by atoms with van der Waals surface area (Å²) in [6.07, 6.45) is 0.508. The van der Waals surface area contributed by atoms with Gasteiger partial charge in [0.15, 0.2) is 0 Å². The van der Waals surface area contributed by atoms with Gasteiger partial charge in [-0.05, 0) is 12.0 Å². The molecule has 0 radical (unpaired) electrons. The molecule has 0 aliphatic carbocycles. The standard InChI is InChI=1S/C15H18N2OS/c1-12-11-17(7-8-19-12)15(18)14(10-16)9-13-5-3-2-4-6-13/h2-6,12,14H,7-9,11H2,1H3. The van der Waals surface area contributed by atoms with Crippen molar-refractivity contribution < 1.29 is 4.79 Å². The van der Waals surface area contributed by atoms with Gasteiger partial charge in [0.1, 0.15) is 5.92 Å². The van der Waals surface area contributed by atoms with E-state index in [9.17, 15) is 10.1 Å². The minimum absolute atomic E-state index is 0.0153. The van der Waals surface area contributed by atoms with E-state index in [1.807, 2.05) is 47.0 Å². The number of hydrogen-bond donors (Lipinski definition) is 0. The minimum Gasteiger partial charge on any atom is -0.340 e. The molecule has 19 heavy (non-hydrogen) atoms. The van der Waals surface area contributed by atoms with Crippen LogP contribution < -0.4 is 0 Å². The zero-order valence-corrected chi connectivity index (χ0v) is 11.9. The van der Waals surface area contributed by atoms with Crippen LogP contribution in [0, 0.1) is 17.2 Å². The molecule has 100 valence electrons. The molecule has 0 bridgehead atoms. The monoisotopic (exact) mass is 274 g/mol. The average molecular weight is 274 g/mol. The molecule has 1 aromatic rings. The zero-order valence-electron chi connectivity index (χ0n) is 11.1. The van der Waals surface area contributed by atoms with Crippen LogP contribution >= 0.6 is 11.8 Å². The molecule has 1 amide bonds. The van der Waals surface area contributed by atoms with Gasteiger partial charge in [-0.2, -0.15) is 17.0 Å². The number of thioether (sulfide) groups is 1. The smallest absolute Gasteiger partial charge is 0.240 e. The molecular formula is C15H18N2OS. The van der Waals surface area contributed by atoms with Gasteiger partial charge >= 0.3 is 0 Å². The number of nitriles is 1. The van der Waals surface area contributed by atoms with Crippen molar-refractivity contribution in [2.75, 3.05) is 18.8 Å². The first-order chi connectivity index (χ1) is 9.20. The molecule has 0 N–H and O–H groups in total. The normalized spacial score (nSPS) is 20.6. The van der Waals surface area contributed by atoms with Gasteiger partial charge in [-0.1, -0.05) is 37.3 Å². The van der Waals surface area contributed by atoms with E-state index in [0.29, 0.717) is 11.7 Å². The number of carbonyl (C=O) groups is 1. The second-order valence-electron chi connectivity index (χ2n) is 4.84. The Balaban J connectivity index is 2.01. The molecule has 2 unspecified atom stereocenters. The van der Waals surface area contributed by atoms with Gasteiger partial charge in [0.25, 0.3) is 0 Å². The largest absolute Gasteiger partial charge is 0.340 e. The number of hydrogen-bond acceptors (Lipinski definition) is 3. The molecule has 2 atom stereocenters.